The highest BCUT2D eigenvalue weighted by Crippen LogP contribution is 2.23. The number of hydrogen-bond acceptors (Lipinski definition) is 3. The van der Waals surface area contributed by atoms with Crippen molar-refractivity contribution in [3.05, 3.63) is 64.7 Å². The maximum atomic E-state index is 12.9. The molecule has 1 fully saturated rings. The zero-order valence-electron chi connectivity index (χ0n) is 16.1. The zero-order valence-corrected chi connectivity index (χ0v) is 16.1. The molecule has 4 nitrogen and oxygen atoms in total. The summed E-state index contributed by atoms with van der Waals surface area (Å²) >= 11 is 0. The van der Waals surface area contributed by atoms with Gasteiger partial charge in [0.05, 0.1) is 7.11 Å². The smallest absolute Gasteiger partial charge is 0.253 e. The molecule has 0 aromatic heterocycles. The van der Waals surface area contributed by atoms with E-state index in [9.17, 15) is 4.79 Å². The minimum Gasteiger partial charge on any atom is -0.497 e. The quantitative estimate of drug-likeness (QED) is 0.832. The number of piperazine rings is 1. The van der Waals surface area contributed by atoms with Crippen molar-refractivity contribution in [2.24, 2.45) is 0 Å². The van der Waals surface area contributed by atoms with Crippen molar-refractivity contribution in [1.82, 2.24) is 9.80 Å². The van der Waals surface area contributed by atoms with Crippen molar-refractivity contribution in [3.8, 4) is 5.75 Å². The average molecular weight is 364 g/mol. The van der Waals surface area contributed by atoms with Crippen LogP contribution < -0.4 is 4.74 Å². The van der Waals surface area contributed by atoms with Gasteiger partial charge in [0, 0.05) is 38.3 Å². The highest BCUT2D eigenvalue weighted by atomic mass is 16.5. The van der Waals surface area contributed by atoms with Crippen molar-refractivity contribution in [3.63, 3.8) is 0 Å². The molecule has 4 rings (SSSR count). The number of carbonyl (C=O) groups excluding carboxylic acids is 1. The monoisotopic (exact) mass is 364 g/mol. The molecule has 0 atom stereocenters. The molecule has 0 spiro atoms. The molecule has 0 radical (unpaired) electrons. The van der Waals surface area contributed by atoms with Crippen LogP contribution in [-0.2, 0) is 19.4 Å². The van der Waals surface area contributed by atoms with Crippen LogP contribution in [-0.4, -0.2) is 49.0 Å². The number of methoxy groups -OCH3 is 1. The lowest BCUT2D eigenvalue weighted by molar-refractivity contribution is 0.0628. The number of amides is 1. The van der Waals surface area contributed by atoms with E-state index in [1.54, 1.807) is 7.11 Å². The Morgan fingerprint density at radius 2 is 1.63 bits per heavy atom. The van der Waals surface area contributed by atoms with Gasteiger partial charge in [0.25, 0.3) is 5.91 Å². The summed E-state index contributed by atoms with van der Waals surface area (Å²) in [5, 5.41) is 0. The fourth-order valence-electron chi connectivity index (χ4n) is 4.15. The number of benzene rings is 2. The lowest BCUT2D eigenvalue weighted by atomic mass is 9.90. The van der Waals surface area contributed by atoms with Gasteiger partial charge in [-0.1, -0.05) is 18.2 Å². The summed E-state index contributed by atoms with van der Waals surface area (Å²) in [7, 11) is 1.69. The number of carbonyl (C=O) groups is 1. The third kappa shape index (κ3) is 4.16. The Labute approximate surface area is 161 Å². The van der Waals surface area contributed by atoms with Gasteiger partial charge in [0.2, 0.25) is 0 Å². The first-order valence-corrected chi connectivity index (χ1v) is 9.99. The minimum atomic E-state index is 0.187. The number of aryl methyl sites for hydroxylation is 2. The molecule has 4 heteroatoms. The summed E-state index contributed by atoms with van der Waals surface area (Å²) in [5.41, 5.74) is 4.96. The van der Waals surface area contributed by atoms with Crippen LogP contribution in [0.15, 0.2) is 42.5 Å². The Morgan fingerprint density at radius 3 is 2.33 bits per heavy atom. The Hall–Kier alpha value is -2.33. The topological polar surface area (TPSA) is 32.8 Å². The second-order valence-corrected chi connectivity index (χ2v) is 7.61. The first kappa shape index (κ1) is 18.1. The van der Waals surface area contributed by atoms with E-state index in [0.717, 1.165) is 56.9 Å². The van der Waals surface area contributed by atoms with E-state index >= 15 is 0 Å². The summed E-state index contributed by atoms with van der Waals surface area (Å²) in [6.07, 6.45) is 4.80. The molecule has 1 heterocycles. The van der Waals surface area contributed by atoms with Gasteiger partial charge >= 0.3 is 0 Å². The fraction of sp³-hybridized carbons (Fsp3) is 0.435. The highest BCUT2D eigenvalue weighted by molar-refractivity contribution is 5.94. The number of hydrogen-bond donors (Lipinski definition) is 0. The summed E-state index contributed by atoms with van der Waals surface area (Å²) in [5.74, 6) is 1.08. The first-order valence-electron chi connectivity index (χ1n) is 9.99. The number of ether oxygens (including phenoxy) is 1. The second kappa shape index (κ2) is 8.13. The van der Waals surface area contributed by atoms with Crippen LogP contribution in [0, 0.1) is 0 Å². The molecule has 27 heavy (non-hydrogen) atoms. The lowest BCUT2D eigenvalue weighted by Gasteiger charge is -2.35. The minimum absolute atomic E-state index is 0.187. The van der Waals surface area contributed by atoms with E-state index in [0.29, 0.717) is 0 Å². The molecule has 0 bridgehead atoms. The van der Waals surface area contributed by atoms with Crippen molar-refractivity contribution in [2.75, 3.05) is 33.3 Å². The third-order valence-corrected chi connectivity index (χ3v) is 5.82. The zero-order chi connectivity index (χ0) is 18.6. The second-order valence-electron chi connectivity index (χ2n) is 7.61. The van der Waals surface area contributed by atoms with Crippen LogP contribution in [0.1, 0.15) is 39.9 Å². The van der Waals surface area contributed by atoms with Gasteiger partial charge in [0.1, 0.15) is 5.75 Å². The molecule has 1 amide bonds. The van der Waals surface area contributed by atoms with E-state index < -0.39 is 0 Å². The van der Waals surface area contributed by atoms with Crippen LogP contribution in [0.25, 0.3) is 0 Å². The van der Waals surface area contributed by atoms with Crippen molar-refractivity contribution in [2.45, 2.75) is 32.2 Å². The molecule has 0 unspecified atom stereocenters. The van der Waals surface area contributed by atoms with Gasteiger partial charge < -0.3 is 9.64 Å². The Bertz CT molecular complexity index is 793. The molecule has 0 saturated carbocycles. The molecule has 1 saturated heterocycles. The molecular formula is C23H28N2O2. The van der Waals surface area contributed by atoms with E-state index in [1.807, 2.05) is 23.1 Å². The van der Waals surface area contributed by atoms with E-state index in [-0.39, 0.29) is 5.91 Å². The predicted molar refractivity (Wildman–Crippen MR) is 107 cm³/mol. The van der Waals surface area contributed by atoms with Gasteiger partial charge in [-0.3, -0.25) is 9.69 Å². The Balaban J connectivity index is 1.33. The maximum absolute atomic E-state index is 12.9. The summed E-state index contributed by atoms with van der Waals surface area (Å²) < 4.78 is 5.22. The lowest BCUT2D eigenvalue weighted by Crippen LogP contribution is -2.48. The maximum Gasteiger partial charge on any atom is 0.253 e. The largest absolute Gasteiger partial charge is 0.497 e. The molecule has 1 aliphatic heterocycles. The van der Waals surface area contributed by atoms with E-state index in [1.165, 1.54) is 29.5 Å². The van der Waals surface area contributed by atoms with Gasteiger partial charge in [-0.2, -0.15) is 0 Å². The molecule has 2 aromatic rings. The summed E-state index contributed by atoms with van der Waals surface area (Å²) in [6.45, 7) is 4.36. The highest BCUT2D eigenvalue weighted by Gasteiger charge is 2.23. The van der Waals surface area contributed by atoms with Gasteiger partial charge in [-0.15, -0.1) is 0 Å². The Morgan fingerprint density at radius 1 is 0.926 bits per heavy atom. The molecule has 0 N–H and O–H groups in total. The average Bonchev–Trinajstić information content (AvgIpc) is 2.74. The third-order valence-electron chi connectivity index (χ3n) is 5.82. The van der Waals surface area contributed by atoms with Crippen molar-refractivity contribution < 1.29 is 9.53 Å². The van der Waals surface area contributed by atoms with Crippen LogP contribution in [0.3, 0.4) is 0 Å². The summed E-state index contributed by atoms with van der Waals surface area (Å²) in [4.78, 5) is 17.3. The van der Waals surface area contributed by atoms with Crippen LogP contribution in [0.5, 0.6) is 5.75 Å². The molecular weight excluding hydrogens is 336 g/mol. The number of nitrogens with zero attached hydrogens (tertiary/aromatic N) is 2. The van der Waals surface area contributed by atoms with Crippen LogP contribution in [0.4, 0.5) is 0 Å². The van der Waals surface area contributed by atoms with Gasteiger partial charge in [-0.25, -0.2) is 0 Å². The van der Waals surface area contributed by atoms with Gasteiger partial charge in [-0.05, 0) is 66.6 Å². The molecule has 2 aliphatic rings. The normalized spacial score (nSPS) is 17.4. The number of fused-ring (bicyclic) bond motifs is 1. The SMILES string of the molecule is COc1ccc(CN2CCN(C(=O)c3ccc4c(c3)CCCC4)CC2)cc1. The Kier molecular flexibility index (Phi) is 5.44. The van der Waals surface area contributed by atoms with E-state index in [4.69, 9.17) is 4.74 Å². The standard InChI is InChI=1S/C23H28N2O2/c1-27-22-10-6-18(7-11-22)17-24-12-14-25(15-13-24)23(26)21-9-8-19-4-2-3-5-20(19)16-21/h6-11,16H,2-5,12-15,17H2,1H3. The van der Waals surface area contributed by atoms with E-state index in [2.05, 4.69) is 29.2 Å². The van der Waals surface area contributed by atoms with Crippen molar-refractivity contribution in [1.29, 1.82) is 0 Å². The predicted octanol–water partition coefficient (Wildman–Crippen LogP) is 3.53. The fourth-order valence-corrected chi connectivity index (χ4v) is 4.15. The van der Waals surface area contributed by atoms with Crippen LogP contribution in [0.2, 0.25) is 0 Å². The first-order chi connectivity index (χ1) is 13.2. The molecule has 2 aromatic carbocycles. The van der Waals surface area contributed by atoms with Crippen molar-refractivity contribution >= 4 is 5.91 Å². The molecule has 1 aliphatic carbocycles. The van der Waals surface area contributed by atoms with Crippen LogP contribution >= 0.6 is 0 Å². The number of rotatable bonds is 4. The van der Waals surface area contributed by atoms with Gasteiger partial charge in [0.15, 0.2) is 0 Å². The molecule has 142 valence electrons. The summed E-state index contributed by atoms with van der Waals surface area (Å²) in [6, 6.07) is 14.6.